The van der Waals surface area contributed by atoms with E-state index in [0.29, 0.717) is 17.0 Å². The molecule has 2 rings (SSSR count). The molecule has 1 saturated carbocycles. The molecule has 1 aromatic rings. The van der Waals surface area contributed by atoms with Gasteiger partial charge in [-0.1, -0.05) is 11.6 Å². The van der Waals surface area contributed by atoms with Crippen LogP contribution in [0.15, 0.2) is 12.4 Å². The second-order valence-electron chi connectivity index (χ2n) is 6.57. The number of hydrogen-bond donors (Lipinski definition) is 2. The molecule has 0 saturated heterocycles. The van der Waals surface area contributed by atoms with Crippen molar-refractivity contribution in [2.75, 3.05) is 5.32 Å². The SMILES string of the molecule is CC(C)(C)OC(=O)N[C@H]1CC[C@@H](Nc2cncc(Cl)n2)CC1. The lowest BCUT2D eigenvalue weighted by Gasteiger charge is -2.30. The Kier molecular flexibility index (Phi) is 5.45. The number of carbonyl (C=O) groups excluding carboxylic acids is 1. The summed E-state index contributed by atoms with van der Waals surface area (Å²) in [7, 11) is 0. The van der Waals surface area contributed by atoms with Gasteiger partial charge in [-0.05, 0) is 46.5 Å². The molecule has 1 aliphatic rings. The summed E-state index contributed by atoms with van der Waals surface area (Å²) in [4.78, 5) is 19.9. The van der Waals surface area contributed by atoms with E-state index in [1.165, 1.54) is 6.20 Å². The standard InChI is InChI=1S/C15H23ClN4O2/c1-15(2,3)22-14(21)19-11-6-4-10(5-7-11)18-13-9-17-8-12(16)20-13/h8-11H,4-7H2,1-3H3,(H,18,20)(H,19,21)/t10-,11+. The van der Waals surface area contributed by atoms with Crippen LogP contribution in [0.2, 0.25) is 5.15 Å². The minimum Gasteiger partial charge on any atom is -0.444 e. The summed E-state index contributed by atoms with van der Waals surface area (Å²) >= 11 is 5.82. The highest BCUT2D eigenvalue weighted by molar-refractivity contribution is 6.29. The van der Waals surface area contributed by atoms with Crippen LogP contribution in [0, 0.1) is 0 Å². The molecule has 1 heterocycles. The number of hydrogen-bond acceptors (Lipinski definition) is 5. The van der Waals surface area contributed by atoms with Crippen LogP contribution in [0.5, 0.6) is 0 Å². The van der Waals surface area contributed by atoms with Crippen molar-refractivity contribution in [3.05, 3.63) is 17.5 Å². The second kappa shape index (κ2) is 7.13. The summed E-state index contributed by atoms with van der Waals surface area (Å²) in [6, 6.07) is 0.489. The lowest BCUT2D eigenvalue weighted by molar-refractivity contribution is 0.0492. The van der Waals surface area contributed by atoms with E-state index in [2.05, 4.69) is 20.6 Å². The largest absolute Gasteiger partial charge is 0.444 e. The molecule has 0 atom stereocenters. The van der Waals surface area contributed by atoms with Gasteiger partial charge in [-0.15, -0.1) is 0 Å². The second-order valence-corrected chi connectivity index (χ2v) is 6.95. The topological polar surface area (TPSA) is 76.1 Å². The first-order valence-electron chi connectivity index (χ1n) is 7.55. The minimum absolute atomic E-state index is 0.165. The molecule has 0 aliphatic heterocycles. The number of ether oxygens (including phenoxy) is 1. The maximum atomic E-state index is 11.8. The molecular weight excluding hydrogens is 304 g/mol. The summed E-state index contributed by atoms with van der Waals surface area (Å²) in [5, 5.41) is 6.64. The van der Waals surface area contributed by atoms with Gasteiger partial charge in [0.15, 0.2) is 0 Å². The predicted molar refractivity (Wildman–Crippen MR) is 86.1 cm³/mol. The van der Waals surface area contributed by atoms with E-state index in [-0.39, 0.29) is 12.1 Å². The van der Waals surface area contributed by atoms with Gasteiger partial charge in [0.05, 0.1) is 12.4 Å². The molecule has 22 heavy (non-hydrogen) atoms. The molecule has 0 bridgehead atoms. The van der Waals surface area contributed by atoms with Crippen LogP contribution in [0.25, 0.3) is 0 Å². The quantitative estimate of drug-likeness (QED) is 0.890. The zero-order chi connectivity index (χ0) is 16.2. The van der Waals surface area contributed by atoms with E-state index in [4.69, 9.17) is 16.3 Å². The third-order valence-electron chi connectivity index (χ3n) is 3.41. The first-order chi connectivity index (χ1) is 10.3. The molecule has 1 aromatic heterocycles. The van der Waals surface area contributed by atoms with E-state index in [9.17, 15) is 4.79 Å². The molecule has 6 nitrogen and oxygen atoms in total. The van der Waals surface area contributed by atoms with Crippen LogP contribution >= 0.6 is 11.6 Å². The summed E-state index contributed by atoms with van der Waals surface area (Å²) in [5.41, 5.74) is -0.464. The Bertz CT molecular complexity index is 511. The lowest BCUT2D eigenvalue weighted by atomic mass is 9.91. The van der Waals surface area contributed by atoms with Crippen molar-refractivity contribution in [3.63, 3.8) is 0 Å². The minimum atomic E-state index is -0.464. The molecule has 122 valence electrons. The Labute approximate surface area is 136 Å². The van der Waals surface area contributed by atoms with Crippen molar-refractivity contribution in [1.82, 2.24) is 15.3 Å². The molecule has 1 aliphatic carbocycles. The zero-order valence-electron chi connectivity index (χ0n) is 13.2. The maximum Gasteiger partial charge on any atom is 0.407 e. The highest BCUT2D eigenvalue weighted by Gasteiger charge is 2.24. The highest BCUT2D eigenvalue weighted by Crippen LogP contribution is 2.22. The van der Waals surface area contributed by atoms with Gasteiger partial charge < -0.3 is 15.4 Å². The number of anilines is 1. The van der Waals surface area contributed by atoms with Crippen molar-refractivity contribution in [1.29, 1.82) is 0 Å². The Hall–Kier alpha value is -1.56. The molecule has 0 unspecified atom stereocenters. The number of amides is 1. The number of halogens is 1. The van der Waals surface area contributed by atoms with Gasteiger partial charge in [0, 0.05) is 12.1 Å². The summed E-state index contributed by atoms with van der Waals surface area (Å²) in [6.07, 6.45) is 6.55. The molecule has 0 radical (unpaired) electrons. The molecule has 1 amide bonds. The van der Waals surface area contributed by atoms with Gasteiger partial charge in [0.2, 0.25) is 0 Å². The fourth-order valence-corrected chi connectivity index (χ4v) is 2.62. The van der Waals surface area contributed by atoms with Crippen molar-refractivity contribution in [2.45, 2.75) is 64.1 Å². The summed E-state index contributed by atoms with van der Waals surface area (Å²) < 4.78 is 5.28. The van der Waals surface area contributed by atoms with Crippen LogP contribution in [0.1, 0.15) is 46.5 Å². The van der Waals surface area contributed by atoms with Gasteiger partial charge in [-0.25, -0.2) is 9.78 Å². The van der Waals surface area contributed by atoms with Crippen LogP contribution < -0.4 is 10.6 Å². The lowest BCUT2D eigenvalue weighted by Crippen LogP contribution is -2.42. The monoisotopic (exact) mass is 326 g/mol. The van der Waals surface area contributed by atoms with Crippen molar-refractivity contribution < 1.29 is 9.53 Å². The van der Waals surface area contributed by atoms with E-state index in [0.717, 1.165) is 25.7 Å². The molecule has 7 heteroatoms. The first-order valence-corrected chi connectivity index (χ1v) is 7.93. The number of nitrogens with one attached hydrogen (secondary N) is 2. The molecule has 0 spiro atoms. The third-order valence-corrected chi connectivity index (χ3v) is 3.59. The third kappa shape index (κ3) is 5.67. The number of rotatable bonds is 3. The molecule has 2 N–H and O–H groups in total. The molecule has 0 aromatic carbocycles. The Morgan fingerprint density at radius 1 is 1.23 bits per heavy atom. The van der Waals surface area contributed by atoms with E-state index >= 15 is 0 Å². The fourth-order valence-electron chi connectivity index (χ4n) is 2.48. The average molecular weight is 327 g/mol. The zero-order valence-corrected chi connectivity index (χ0v) is 14.0. The molecule has 1 fully saturated rings. The van der Waals surface area contributed by atoms with Gasteiger partial charge in [-0.3, -0.25) is 4.98 Å². The van der Waals surface area contributed by atoms with Crippen molar-refractivity contribution in [3.8, 4) is 0 Å². The predicted octanol–water partition coefficient (Wildman–Crippen LogP) is 3.38. The molecular formula is C15H23ClN4O2. The highest BCUT2D eigenvalue weighted by atomic mass is 35.5. The Morgan fingerprint density at radius 2 is 1.86 bits per heavy atom. The van der Waals surface area contributed by atoms with Crippen LogP contribution in [-0.2, 0) is 4.74 Å². The fraction of sp³-hybridized carbons (Fsp3) is 0.667. The van der Waals surface area contributed by atoms with E-state index < -0.39 is 5.60 Å². The van der Waals surface area contributed by atoms with Crippen LogP contribution in [0.4, 0.5) is 10.6 Å². The van der Waals surface area contributed by atoms with Crippen molar-refractivity contribution in [2.24, 2.45) is 0 Å². The summed E-state index contributed by atoms with van der Waals surface area (Å²) in [6.45, 7) is 5.58. The Balaban J connectivity index is 1.75. The normalized spacial score (nSPS) is 22.0. The van der Waals surface area contributed by atoms with Crippen LogP contribution in [0.3, 0.4) is 0 Å². The first kappa shape index (κ1) is 16.8. The number of alkyl carbamates (subject to hydrolysis) is 1. The smallest absolute Gasteiger partial charge is 0.407 e. The van der Waals surface area contributed by atoms with Gasteiger partial charge in [0.25, 0.3) is 0 Å². The van der Waals surface area contributed by atoms with Gasteiger partial charge in [-0.2, -0.15) is 0 Å². The Morgan fingerprint density at radius 3 is 2.45 bits per heavy atom. The van der Waals surface area contributed by atoms with E-state index in [1.54, 1.807) is 6.20 Å². The van der Waals surface area contributed by atoms with Crippen molar-refractivity contribution >= 4 is 23.5 Å². The van der Waals surface area contributed by atoms with Gasteiger partial charge >= 0.3 is 6.09 Å². The number of carbonyl (C=O) groups is 1. The summed E-state index contributed by atoms with van der Waals surface area (Å²) in [5.74, 6) is 0.691. The number of aromatic nitrogens is 2. The maximum absolute atomic E-state index is 11.8. The average Bonchev–Trinajstić information content (AvgIpc) is 2.39. The van der Waals surface area contributed by atoms with E-state index in [1.807, 2.05) is 20.8 Å². The van der Waals surface area contributed by atoms with Crippen LogP contribution in [-0.4, -0.2) is 33.7 Å². The number of nitrogens with zero attached hydrogens (tertiary/aromatic N) is 2. The van der Waals surface area contributed by atoms with Gasteiger partial charge in [0.1, 0.15) is 16.6 Å².